The standard InChI is InChI=1S/C23H17N5O2S/c1-14-11-20(26-22(30)21(29)17-12-24-18-10-6-5-9-16(17)18)28(27-14)23-25-19(13-31-23)15-7-3-2-4-8-15/h2-13,24H,1H3,(H,26,30). The lowest BCUT2D eigenvalue weighted by Crippen LogP contribution is -2.24. The van der Waals surface area contributed by atoms with Crippen molar-refractivity contribution in [1.82, 2.24) is 19.7 Å². The van der Waals surface area contributed by atoms with E-state index in [1.165, 1.54) is 11.3 Å². The number of thiazole rings is 1. The van der Waals surface area contributed by atoms with Crippen molar-refractivity contribution in [3.8, 4) is 16.4 Å². The van der Waals surface area contributed by atoms with Gasteiger partial charge in [0.05, 0.1) is 17.0 Å². The second kappa shape index (κ2) is 7.66. The molecule has 2 aromatic carbocycles. The second-order valence-corrected chi connectivity index (χ2v) is 7.83. The molecule has 0 atom stereocenters. The molecular formula is C23H17N5O2S. The Labute approximate surface area is 181 Å². The molecule has 0 aliphatic carbocycles. The number of carbonyl (C=O) groups is 2. The molecule has 0 radical (unpaired) electrons. The van der Waals surface area contributed by atoms with Gasteiger partial charge in [0.1, 0.15) is 5.82 Å². The highest BCUT2D eigenvalue weighted by Gasteiger charge is 2.22. The van der Waals surface area contributed by atoms with Crippen molar-refractivity contribution in [3.05, 3.63) is 83.5 Å². The van der Waals surface area contributed by atoms with E-state index in [1.807, 2.05) is 60.8 Å². The molecule has 0 spiro atoms. The van der Waals surface area contributed by atoms with E-state index >= 15 is 0 Å². The van der Waals surface area contributed by atoms with Gasteiger partial charge in [0.25, 0.3) is 11.7 Å². The lowest BCUT2D eigenvalue weighted by atomic mass is 10.1. The van der Waals surface area contributed by atoms with Crippen molar-refractivity contribution in [1.29, 1.82) is 0 Å². The van der Waals surface area contributed by atoms with E-state index in [4.69, 9.17) is 0 Å². The molecular weight excluding hydrogens is 410 g/mol. The number of para-hydroxylation sites is 1. The van der Waals surface area contributed by atoms with Crippen LogP contribution in [0.15, 0.2) is 72.2 Å². The molecule has 152 valence electrons. The van der Waals surface area contributed by atoms with Crippen molar-refractivity contribution in [3.63, 3.8) is 0 Å². The molecule has 8 heteroatoms. The number of nitrogens with one attached hydrogen (secondary N) is 2. The number of amides is 1. The number of anilines is 1. The third kappa shape index (κ3) is 3.53. The van der Waals surface area contributed by atoms with Crippen molar-refractivity contribution >= 4 is 39.7 Å². The molecule has 3 aromatic heterocycles. The predicted octanol–water partition coefficient (Wildman–Crippen LogP) is 4.61. The summed E-state index contributed by atoms with van der Waals surface area (Å²) in [6, 6.07) is 18.9. The molecule has 31 heavy (non-hydrogen) atoms. The summed E-state index contributed by atoms with van der Waals surface area (Å²) in [5, 5.41) is 10.4. The van der Waals surface area contributed by atoms with E-state index in [1.54, 1.807) is 23.0 Å². The third-order valence-electron chi connectivity index (χ3n) is 4.86. The quantitative estimate of drug-likeness (QED) is 0.317. The van der Waals surface area contributed by atoms with E-state index in [-0.39, 0.29) is 0 Å². The van der Waals surface area contributed by atoms with Gasteiger partial charge in [-0.1, -0.05) is 48.5 Å². The molecule has 5 rings (SSSR count). The zero-order valence-corrected chi connectivity index (χ0v) is 17.3. The van der Waals surface area contributed by atoms with Crippen molar-refractivity contribution < 1.29 is 9.59 Å². The Morgan fingerprint density at radius 1 is 1.06 bits per heavy atom. The third-order valence-corrected chi connectivity index (χ3v) is 5.67. The summed E-state index contributed by atoms with van der Waals surface area (Å²) in [7, 11) is 0. The van der Waals surface area contributed by atoms with Crippen molar-refractivity contribution in [2.45, 2.75) is 6.92 Å². The maximum absolute atomic E-state index is 12.8. The van der Waals surface area contributed by atoms with Crippen LogP contribution in [0.5, 0.6) is 0 Å². The van der Waals surface area contributed by atoms with E-state index in [2.05, 4.69) is 20.4 Å². The van der Waals surface area contributed by atoms with Gasteiger partial charge in [0.2, 0.25) is 5.13 Å². The number of aryl methyl sites for hydroxylation is 1. The summed E-state index contributed by atoms with van der Waals surface area (Å²) in [6.07, 6.45) is 1.56. The number of fused-ring (bicyclic) bond motifs is 1. The van der Waals surface area contributed by atoms with Crippen LogP contribution in [-0.4, -0.2) is 31.4 Å². The SMILES string of the molecule is Cc1cc(NC(=O)C(=O)c2c[nH]c3ccccc23)n(-c2nc(-c3ccccc3)cs2)n1. The lowest BCUT2D eigenvalue weighted by Gasteiger charge is -2.05. The minimum absolute atomic E-state index is 0.330. The number of Topliss-reactive ketones (excluding diaryl/α,β-unsaturated/α-hetero) is 1. The molecule has 0 unspecified atom stereocenters. The molecule has 0 aliphatic rings. The molecule has 0 bridgehead atoms. The number of H-pyrrole nitrogens is 1. The number of hydrogen-bond donors (Lipinski definition) is 2. The molecule has 2 N–H and O–H groups in total. The van der Waals surface area contributed by atoms with Gasteiger partial charge in [-0.25, -0.2) is 4.98 Å². The number of rotatable bonds is 5. The highest BCUT2D eigenvalue weighted by molar-refractivity contribution is 7.12. The first-order chi connectivity index (χ1) is 15.1. The van der Waals surface area contributed by atoms with Gasteiger partial charge in [-0.3, -0.25) is 9.59 Å². The van der Waals surface area contributed by atoms with Crippen LogP contribution in [-0.2, 0) is 4.79 Å². The molecule has 0 saturated heterocycles. The van der Waals surface area contributed by atoms with E-state index in [9.17, 15) is 9.59 Å². The summed E-state index contributed by atoms with van der Waals surface area (Å²) >= 11 is 1.41. The number of ketones is 1. The smallest absolute Gasteiger partial charge is 0.298 e. The van der Waals surface area contributed by atoms with Crippen LogP contribution in [0.3, 0.4) is 0 Å². The molecule has 0 saturated carbocycles. The van der Waals surface area contributed by atoms with Crippen LogP contribution in [0.25, 0.3) is 27.3 Å². The number of hydrogen-bond acceptors (Lipinski definition) is 5. The van der Waals surface area contributed by atoms with Crippen molar-refractivity contribution in [2.24, 2.45) is 0 Å². The maximum atomic E-state index is 12.8. The molecule has 5 aromatic rings. The van der Waals surface area contributed by atoms with E-state index < -0.39 is 11.7 Å². The van der Waals surface area contributed by atoms with Gasteiger partial charge in [-0.15, -0.1) is 11.3 Å². The molecule has 3 heterocycles. The lowest BCUT2D eigenvalue weighted by molar-refractivity contribution is -0.112. The number of nitrogens with zero attached hydrogens (tertiary/aromatic N) is 3. The van der Waals surface area contributed by atoms with Crippen LogP contribution in [0, 0.1) is 6.92 Å². The van der Waals surface area contributed by atoms with Crippen LogP contribution in [0.1, 0.15) is 16.1 Å². The highest BCUT2D eigenvalue weighted by atomic mass is 32.1. The Morgan fingerprint density at radius 2 is 1.84 bits per heavy atom. The second-order valence-electron chi connectivity index (χ2n) is 7.00. The fourth-order valence-corrected chi connectivity index (χ4v) is 4.19. The molecule has 1 amide bonds. The van der Waals surface area contributed by atoms with E-state index in [0.29, 0.717) is 27.6 Å². The summed E-state index contributed by atoms with van der Waals surface area (Å²) in [6.45, 7) is 1.82. The Hall–Kier alpha value is -4.04. The average Bonchev–Trinajstić information content (AvgIpc) is 3.52. The van der Waals surface area contributed by atoms with Crippen LogP contribution in [0.2, 0.25) is 0 Å². The zero-order valence-electron chi connectivity index (χ0n) is 16.5. The molecule has 0 aliphatic heterocycles. The molecule has 0 fully saturated rings. The monoisotopic (exact) mass is 427 g/mol. The summed E-state index contributed by atoms with van der Waals surface area (Å²) in [4.78, 5) is 33.2. The predicted molar refractivity (Wildman–Crippen MR) is 121 cm³/mol. The molecule has 7 nitrogen and oxygen atoms in total. The minimum atomic E-state index is -0.731. The van der Waals surface area contributed by atoms with Crippen LogP contribution < -0.4 is 5.32 Å². The Morgan fingerprint density at radius 3 is 2.68 bits per heavy atom. The van der Waals surface area contributed by atoms with Crippen LogP contribution in [0.4, 0.5) is 5.82 Å². The number of carbonyl (C=O) groups excluding carboxylic acids is 2. The topological polar surface area (TPSA) is 92.7 Å². The zero-order chi connectivity index (χ0) is 21.4. The minimum Gasteiger partial charge on any atom is -0.360 e. The fourth-order valence-electron chi connectivity index (χ4n) is 3.39. The Kier molecular flexibility index (Phi) is 4.68. The largest absolute Gasteiger partial charge is 0.360 e. The summed E-state index contributed by atoms with van der Waals surface area (Å²) in [5.74, 6) is -0.956. The van der Waals surface area contributed by atoms with Gasteiger partial charge in [-0.2, -0.15) is 9.78 Å². The summed E-state index contributed by atoms with van der Waals surface area (Å²) < 4.78 is 1.55. The Balaban J connectivity index is 1.43. The first-order valence-corrected chi connectivity index (χ1v) is 10.5. The van der Waals surface area contributed by atoms with E-state index in [0.717, 1.165) is 16.8 Å². The van der Waals surface area contributed by atoms with Crippen LogP contribution >= 0.6 is 11.3 Å². The van der Waals surface area contributed by atoms with Crippen molar-refractivity contribution in [2.75, 3.05) is 5.32 Å². The van der Waals surface area contributed by atoms with Gasteiger partial charge in [0, 0.05) is 34.1 Å². The average molecular weight is 427 g/mol. The maximum Gasteiger partial charge on any atom is 0.298 e. The van der Waals surface area contributed by atoms with Gasteiger partial charge in [0.15, 0.2) is 0 Å². The van der Waals surface area contributed by atoms with Gasteiger partial charge >= 0.3 is 0 Å². The van der Waals surface area contributed by atoms with Gasteiger partial charge in [-0.05, 0) is 13.0 Å². The first kappa shape index (κ1) is 19.0. The fraction of sp³-hybridized carbons (Fsp3) is 0.0435. The summed E-state index contributed by atoms with van der Waals surface area (Å²) in [5.41, 5.74) is 3.65. The normalized spacial score (nSPS) is 11.0. The number of aromatic nitrogens is 4. The van der Waals surface area contributed by atoms with Gasteiger partial charge < -0.3 is 10.3 Å². The number of aromatic amines is 1. The Bertz CT molecular complexity index is 1410. The first-order valence-electron chi connectivity index (χ1n) is 9.60. The number of benzene rings is 2. The highest BCUT2D eigenvalue weighted by Crippen LogP contribution is 2.26.